The molecule has 3 atom stereocenters. The molecule has 1 aromatic heterocycles. The number of rotatable bonds is 6. The minimum absolute atomic E-state index is 0.0111. The van der Waals surface area contributed by atoms with Crippen molar-refractivity contribution in [3.8, 4) is 0 Å². The van der Waals surface area contributed by atoms with Crippen molar-refractivity contribution in [2.45, 2.75) is 58.7 Å². The highest BCUT2D eigenvalue weighted by Crippen LogP contribution is 2.28. The standard InChI is InChI=1S/C22H30N4O2/c1-14-5-6-15(2)18(11-14)13-24-21(27)17-7-8-20(28-4)19(12-17)26-22-23-10-9-16(3)25-22/h5-6,9-11,17,19-20H,7-8,12-13H2,1-4H3,(H,24,27)(H,23,25,26)/t17-,19+,20+/m0/s1. The molecule has 1 saturated carbocycles. The molecule has 1 aliphatic rings. The molecular weight excluding hydrogens is 352 g/mol. The van der Waals surface area contributed by atoms with Gasteiger partial charge >= 0.3 is 0 Å². The quantitative estimate of drug-likeness (QED) is 0.802. The lowest BCUT2D eigenvalue weighted by atomic mass is 9.83. The van der Waals surface area contributed by atoms with E-state index in [2.05, 4.69) is 52.6 Å². The van der Waals surface area contributed by atoms with Gasteiger partial charge in [-0.1, -0.05) is 23.8 Å². The van der Waals surface area contributed by atoms with Crippen molar-refractivity contribution in [3.05, 3.63) is 52.8 Å². The van der Waals surface area contributed by atoms with Crippen LogP contribution in [-0.4, -0.2) is 35.1 Å². The molecule has 0 spiro atoms. The predicted octanol–water partition coefficient (Wildman–Crippen LogP) is 3.31. The molecule has 0 unspecified atom stereocenters. The van der Waals surface area contributed by atoms with Crippen LogP contribution < -0.4 is 10.6 Å². The molecule has 6 heteroatoms. The van der Waals surface area contributed by atoms with Crippen LogP contribution in [0.2, 0.25) is 0 Å². The Morgan fingerprint density at radius 1 is 1.21 bits per heavy atom. The number of aromatic nitrogens is 2. The van der Waals surface area contributed by atoms with Gasteiger partial charge < -0.3 is 15.4 Å². The van der Waals surface area contributed by atoms with E-state index in [0.717, 1.165) is 18.5 Å². The number of ether oxygens (including phenoxy) is 1. The molecule has 2 aromatic rings. The largest absolute Gasteiger partial charge is 0.379 e. The summed E-state index contributed by atoms with van der Waals surface area (Å²) in [7, 11) is 1.72. The van der Waals surface area contributed by atoms with Crippen molar-refractivity contribution < 1.29 is 9.53 Å². The van der Waals surface area contributed by atoms with Crippen LogP contribution in [0.5, 0.6) is 0 Å². The minimum Gasteiger partial charge on any atom is -0.379 e. The average molecular weight is 383 g/mol. The lowest BCUT2D eigenvalue weighted by Crippen LogP contribution is -2.45. The highest BCUT2D eigenvalue weighted by Gasteiger charge is 2.34. The number of carbonyl (C=O) groups excluding carboxylic acids is 1. The first-order valence-corrected chi connectivity index (χ1v) is 9.89. The third-order valence-electron chi connectivity index (χ3n) is 5.53. The van der Waals surface area contributed by atoms with E-state index in [4.69, 9.17) is 4.74 Å². The van der Waals surface area contributed by atoms with Gasteiger partial charge in [0.05, 0.1) is 12.1 Å². The van der Waals surface area contributed by atoms with E-state index in [1.165, 1.54) is 16.7 Å². The van der Waals surface area contributed by atoms with Crippen LogP contribution in [0.4, 0.5) is 5.95 Å². The molecule has 1 amide bonds. The normalized spacial score (nSPS) is 21.9. The maximum Gasteiger partial charge on any atom is 0.223 e. The fourth-order valence-electron chi connectivity index (χ4n) is 3.82. The summed E-state index contributed by atoms with van der Waals surface area (Å²) in [6.45, 7) is 6.65. The number of methoxy groups -OCH3 is 1. The van der Waals surface area contributed by atoms with Crippen LogP contribution in [0.15, 0.2) is 30.5 Å². The van der Waals surface area contributed by atoms with Gasteiger partial charge in [-0.05, 0) is 57.2 Å². The Morgan fingerprint density at radius 2 is 2.04 bits per heavy atom. The number of carbonyl (C=O) groups is 1. The zero-order chi connectivity index (χ0) is 20.1. The predicted molar refractivity (Wildman–Crippen MR) is 110 cm³/mol. The van der Waals surface area contributed by atoms with Crippen LogP contribution in [0.1, 0.15) is 41.6 Å². The summed E-state index contributed by atoms with van der Waals surface area (Å²) in [5.41, 5.74) is 4.48. The number of anilines is 1. The minimum atomic E-state index is -0.0428. The molecule has 0 radical (unpaired) electrons. The van der Waals surface area contributed by atoms with Crippen molar-refractivity contribution in [1.29, 1.82) is 0 Å². The van der Waals surface area contributed by atoms with Gasteiger partial charge in [-0.2, -0.15) is 0 Å². The van der Waals surface area contributed by atoms with Gasteiger partial charge in [-0.15, -0.1) is 0 Å². The Hall–Kier alpha value is -2.47. The Bertz CT molecular complexity index is 824. The molecule has 0 aliphatic heterocycles. The number of benzene rings is 1. The molecule has 2 N–H and O–H groups in total. The average Bonchev–Trinajstić information content (AvgIpc) is 2.68. The first-order chi connectivity index (χ1) is 13.5. The Kier molecular flexibility index (Phi) is 6.62. The monoisotopic (exact) mass is 382 g/mol. The third-order valence-corrected chi connectivity index (χ3v) is 5.53. The van der Waals surface area contributed by atoms with Gasteiger partial charge in [0, 0.05) is 31.5 Å². The van der Waals surface area contributed by atoms with Crippen LogP contribution in [-0.2, 0) is 16.1 Å². The Balaban J connectivity index is 1.62. The number of hydrogen-bond acceptors (Lipinski definition) is 5. The first kappa shape index (κ1) is 20.3. The molecule has 1 heterocycles. The number of aryl methyl sites for hydroxylation is 3. The van der Waals surface area contributed by atoms with E-state index in [0.29, 0.717) is 18.9 Å². The number of nitrogens with zero attached hydrogens (tertiary/aromatic N) is 2. The SMILES string of the molecule is CO[C@@H]1CC[C@H](C(=O)NCc2cc(C)ccc2C)C[C@H]1Nc1nccc(C)n1. The fraction of sp³-hybridized carbons (Fsp3) is 0.500. The topological polar surface area (TPSA) is 76.1 Å². The van der Waals surface area contributed by atoms with Crippen molar-refractivity contribution in [1.82, 2.24) is 15.3 Å². The number of nitrogens with one attached hydrogen (secondary N) is 2. The van der Waals surface area contributed by atoms with Crippen molar-refractivity contribution >= 4 is 11.9 Å². The number of amides is 1. The Morgan fingerprint density at radius 3 is 2.79 bits per heavy atom. The summed E-state index contributed by atoms with van der Waals surface area (Å²) < 4.78 is 5.64. The van der Waals surface area contributed by atoms with Gasteiger partial charge in [0.25, 0.3) is 0 Å². The van der Waals surface area contributed by atoms with E-state index in [-0.39, 0.29) is 24.0 Å². The molecule has 6 nitrogen and oxygen atoms in total. The summed E-state index contributed by atoms with van der Waals surface area (Å²) in [4.78, 5) is 21.5. The molecule has 1 aliphatic carbocycles. The molecule has 0 bridgehead atoms. The molecule has 0 saturated heterocycles. The zero-order valence-corrected chi connectivity index (χ0v) is 17.2. The number of hydrogen-bond donors (Lipinski definition) is 2. The van der Waals surface area contributed by atoms with E-state index in [1.54, 1.807) is 13.3 Å². The van der Waals surface area contributed by atoms with Gasteiger partial charge in [0.2, 0.25) is 11.9 Å². The fourth-order valence-corrected chi connectivity index (χ4v) is 3.82. The maximum absolute atomic E-state index is 12.8. The smallest absolute Gasteiger partial charge is 0.223 e. The molecule has 3 rings (SSSR count). The van der Waals surface area contributed by atoms with Crippen molar-refractivity contribution in [3.63, 3.8) is 0 Å². The van der Waals surface area contributed by atoms with Crippen LogP contribution >= 0.6 is 0 Å². The molecule has 28 heavy (non-hydrogen) atoms. The second-order valence-corrected chi connectivity index (χ2v) is 7.70. The highest BCUT2D eigenvalue weighted by molar-refractivity contribution is 5.79. The van der Waals surface area contributed by atoms with E-state index in [1.807, 2.05) is 13.0 Å². The molecule has 150 valence electrons. The first-order valence-electron chi connectivity index (χ1n) is 9.89. The lowest BCUT2D eigenvalue weighted by molar-refractivity contribution is -0.127. The summed E-state index contributed by atoms with van der Waals surface area (Å²) in [5.74, 6) is 0.648. The summed E-state index contributed by atoms with van der Waals surface area (Å²) in [6.07, 6.45) is 4.15. The summed E-state index contributed by atoms with van der Waals surface area (Å²) >= 11 is 0. The molecular formula is C22H30N4O2. The second kappa shape index (κ2) is 9.15. The summed E-state index contributed by atoms with van der Waals surface area (Å²) in [6, 6.07) is 8.20. The Labute approximate surface area is 167 Å². The lowest BCUT2D eigenvalue weighted by Gasteiger charge is -2.35. The van der Waals surface area contributed by atoms with Crippen molar-refractivity contribution in [2.24, 2.45) is 5.92 Å². The van der Waals surface area contributed by atoms with Crippen molar-refractivity contribution in [2.75, 3.05) is 12.4 Å². The van der Waals surface area contributed by atoms with Gasteiger partial charge in [-0.25, -0.2) is 9.97 Å². The second-order valence-electron chi connectivity index (χ2n) is 7.70. The van der Waals surface area contributed by atoms with Gasteiger partial charge in [-0.3, -0.25) is 4.79 Å². The summed E-state index contributed by atoms with van der Waals surface area (Å²) in [5, 5.41) is 6.50. The van der Waals surface area contributed by atoms with Gasteiger partial charge in [0.15, 0.2) is 0 Å². The van der Waals surface area contributed by atoms with Crippen LogP contribution in [0.3, 0.4) is 0 Å². The molecule has 1 aromatic carbocycles. The van der Waals surface area contributed by atoms with Crippen LogP contribution in [0.25, 0.3) is 0 Å². The van der Waals surface area contributed by atoms with Gasteiger partial charge in [0.1, 0.15) is 0 Å². The molecule has 1 fully saturated rings. The third kappa shape index (κ3) is 5.07. The zero-order valence-electron chi connectivity index (χ0n) is 17.2. The maximum atomic E-state index is 12.8. The van der Waals surface area contributed by atoms with Crippen LogP contribution in [0, 0.1) is 26.7 Å². The highest BCUT2D eigenvalue weighted by atomic mass is 16.5. The van der Waals surface area contributed by atoms with E-state index >= 15 is 0 Å². The van der Waals surface area contributed by atoms with E-state index < -0.39 is 0 Å². The van der Waals surface area contributed by atoms with E-state index in [9.17, 15) is 4.79 Å².